The van der Waals surface area contributed by atoms with Gasteiger partial charge >= 0.3 is 0 Å². The Kier molecular flexibility index (Phi) is 5.19. The van der Waals surface area contributed by atoms with Crippen molar-refractivity contribution in [1.82, 2.24) is 5.32 Å². The molecule has 16 heavy (non-hydrogen) atoms. The van der Waals surface area contributed by atoms with Crippen molar-refractivity contribution in [3.63, 3.8) is 0 Å². The third kappa shape index (κ3) is 6.20. The minimum atomic E-state index is -4.23. The highest BCUT2D eigenvalue weighted by atomic mass is 32.2. The lowest BCUT2D eigenvalue weighted by Gasteiger charge is -2.28. The van der Waals surface area contributed by atoms with Crippen molar-refractivity contribution in [2.45, 2.75) is 12.5 Å². The summed E-state index contributed by atoms with van der Waals surface area (Å²) in [6, 6.07) is 0. The Morgan fingerprint density at radius 3 is 2.50 bits per heavy atom. The third-order valence-corrected chi connectivity index (χ3v) is 2.63. The topological polar surface area (TPSA) is 92.7 Å². The summed E-state index contributed by atoms with van der Waals surface area (Å²) in [5.74, 6) is -1.22. The summed E-state index contributed by atoms with van der Waals surface area (Å²) in [5.41, 5.74) is -1.24. The maximum absolute atomic E-state index is 11.1. The molecule has 0 bridgehead atoms. The fourth-order valence-corrected chi connectivity index (χ4v) is 2.07. The number of carbonyl (C=O) groups is 1. The molecule has 1 atom stereocenters. The van der Waals surface area contributed by atoms with E-state index in [4.69, 9.17) is 9.29 Å². The molecular formula is C9H15NO5S. The quantitative estimate of drug-likeness (QED) is 0.379. The van der Waals surface area contributed by atoms with Gasteiger partial charge in [0.25, 0.3) is 10.1 Å². The van der Waals surface area contributed by atoms with Gasteiger partial charge in [0.2, 0.25) is 5.91 Å². The number of hydrogen-bond acceptors (Lipinski definition) is 4. The Morgan fingerprint density at radius 1 is 1.56 bits per heavy atom. The molecule has 0 radical (unpaired) electrons. The fraction of sp³-hybridized carbons (Fsp3) is 0.444. The van der Waals surface area contributed by atoms with Crippen molar-refractivity contribution in [3.8, 4) is 0 Å². The lowest BCUT2D eigenvalue weighted by atomic mass is 10.1. The van der Waals surface area contributed by atoms with E-state index in [1.807, 2.05) is 0 Å². The molecule has 0 saturated carbocycles. The van der Waals surface area contributed by atoms with Gasteiger partial charge in [-0.1, -0.05) is 13.2 Å². The van der Waals surface area contributed by atoms with Crippen LogP contribution in [-0.2, 0) is 19.6 Å². The molecular weight excluding hydrogens is 234 g/mol. The summed E-state index contributed by atoms with van der Waals surface area (Å²) in [6.45, 7) is 7.82. The van der Waals surface area contributed by atoms with E-state index in [0.717, 1.165) is 12.3 Å². The molecule has 0 aliphatic heterocycles. The summed E-state index contributed by atoms with van der Waals surface area (Å²) in [5, 5.41) is 2.37. The largest absolute Gasteiger partial charge is 0.499 e. The van der Waals surface area contributed by atoms with Gasteiger partial charge in [0.1, 0.15) is 12.4 Å². The van der Waals surface area contributed by atoms with Crippen molar-refractivity contribution < 1.29 is 22.5 Å². The number of carbonyl (C=O) groups excluding carboxylic acids is 1. The Balaban J connectivity index is 4.79. The van der Waals surface area contributed by atoms with Crippen LogP contribution in [0.25, 0.3) is 0 Å². The summed E-state index contributed by atoms with van der Waals surface area (Å²) in [6.07, 6.45) is 2.11. The summed E-state index contributed by atoms with van der Waals surface area (Å²) >= 11 is 0. The Bertz CT molecular complexity index is 375. The molecule has 92 valence electrons. The molecule has 0 fully saturated rings. The average Bonchev–Trinajstić information content (AvgIpc) is 2.11. The van der Waals surface area contributed by atoms with Crippen molar-refractivity contribution in [3.05, 3.63) is 25.5 Å². The maximum atomic E-state index is 11.1. The Hall–Kier alpha value is -1.34. The molecule has 0 aromatic carbocycles. The first-order valence-corrected chi connectivity index (χ1v) is 5.95. The predicted molar refractivity (Wildman–Crippen MR) is 59.3 cm³/mol. The first kappa shape index (κ1) is 14.7. The van der Waals surface area contributed by atoms with Crippen LogP contribution in [-0.4, -0.2) is 36.8 Å². The van der Waals surface area contributed by atoms with Crippen molar-refractivity contribution in [2.75, 3.05) is 12.4 Å². The zero-order chi connectivity index (χ0) is 12.8. The third-order valence-electron chi connectivity index (χ3n) is 1.63. The zero-order valence-electron chi connectivity index (χ0n) is 8.97. The highest BCUT2D eigenvalue weighted by Gasteiger charge is 2.31. The highest BCUT2D eigenvalue weighted by Crippen LogP contribution is 2.08. The molecule has 0 heterocycles. The molecule has 0 aliphatic rings. The van der Waals surface area contributed by atoms with Crippen molar-refractivity contribution in [1.29, 1.82) is 0 Å². The maximum Gasteiger partial charge on any atom is 0.267 e. The molecule has 0 aromatic heterocycles. The average molecular weight is 249 g/mol. The highest BCUT2D eigenvalue weighted by molar-refractivity contribution is 7.85. The van der Waals surface area contributed by atoms with Gasteiger partial charge in [-0.3, -0.25) is 9.35 Å². The van der Waals surface area contributed by atoms with E-state index >= 15 is 0 Å². The van der Waals surface area contributed by atoms with Crippen molar-refractivity contribution in [2.24, 2.45) is 0 Å². The second-order valence-electron chi connectivity index (χ2n) is 3.46. The number of rotatable bonds is 7. The van der Waals surface area contributed by atoms with E-state index in [1.54, 1.807) is 0 Å². The predicted octanol–water partition coefficient (Wildman–Crippen LogP) is 0.0952. The van der Waals surface area contributed by atoms with Gasteiger partial charge in [-0.2, -0.15) is 8.42 Å². The van der Waals surface area contributed by atoms with E-state index in [0.29, 0.717) is 0 Å². The van der Waals surface area contributed by atoms with Crippen LogP contribution in [0.15, 0.2) is 25.5 Å². The zero-order valence-corrected chi connectivity index (χ0v) is 9.79. The van der Waals surface area contributed by atoms with E-state index in [2.05, 4.69) is 18.5 Å². The van der Waals surface area contributed by atoms with Crippen LogP contribution in [0.5, 0.6) is 0 Å². The fourth-order valence-electron chi connectivity index (χ4n) is 1.11. The second-order valence-corrected chi connectivity index (χ2v) is 4.91. The SMILES string of the molecule is C=COCC(C)(CS(=O)(=O)O)NC(=O)C=C. The summed E-state index contributed by atoms with van der Waals surface area (Å²) < 4.78 is 35.1. The van der Waals surface area contributed by atoms with E-state index in [9.17, 15) is 13.2 Å². The molecule has 0 rings (SSSR count). The molecule has 7 heteroatoms. The van der Waals surface area contributed by atoms with E-state index in [1.165, 1.54) is 6.92 Å². The second kappa shape index (κ2) is 5.66. The lowest BCUT2D eigenvalue weighted by molar-refractivity contribution is -0.118. The summed E-state index contributed by atoms with van der Waals surface area (Å²) in [4.78, 5) is 11.1. The first-order valence-electron chi connectivity index (χ1n) is 4.35. The van der Waals surface area contributed by atoms with Crippen LogP contribution in [0.4, 0.5) is 0 Å². The van der Waals surface area contributed by atoms with Gasteiger partial charge in [0.05, 0.1) is 11.8 Å². The van der Waals surface area contributed by atoms with Crippen LogP contribution >= 0.6 is 0 Å². The molecule has 0 aromatic rings. The van der Waals surface area contributed by atoms with Crippen LogP contribution < -0.4 is 5.32 Å². The van der Waals surface area contributed by atoms with E-state index < -0.39 is 27.3 Å². The van der Waals surface area contributed by atoms with E-state index in [-0.39, 0.29) is 6.61 Å². The monoisotopic (exact) mass is 249 g/mol. The van der Waals surface area contributed by atoms with Crippen molar-refractivity contribution >= 4 is 16.0 Å². The Morgan fingerprint density at radius 2 is 2.12 bits per heavy atom. The van der Waals surface area contributed by atoms with Gasteiger partial charge in [0.15, 0.2) is 0 Å². The van der Waals surface area contributed by atoms with Crippen LogP contribution in [0.1, 0.15) is 6.92 Å². The first-order chi connectivity index (χ1) is 7.22. The van der Waals surface area contributed by atoms with Crippen LogP contribution in [0, 0.1) is 0 Å². The van der Waals surface area contributed by atoms with Crippen LogP contribution in [0.3, 0.4) is 0 Å². The van der Waals surface area contributed by atoms with Crippen LogP contribution in [0.2, 0.25) is 0 Å². The molecule has 1 amide bonds. The Labute approximate surface area is 94.7 Å². The number of amides is 1. The molecule has 0 spiro atoms. The number of nitrogens with one attached hydrogen (secondary N) is 1. The number of ether oxygens (including phenoxy) is 1. The van der Waals surface area contributed by atoms with Gasteiger partial charge in [-0.15, -0.1) is 0 Å². The smallest absolute Gasteiger partial charge is 0.267 e. The molecule has 1 unspecified atom stereocenters. The van der Waals surface area contributed by atoms with Gasteiger partial charge in [-0.25, -0.2) is 0 Å². The minimum absolute atomic E-state index is 0.129. The molecule has 6 nitrogen and oxygen atoms in total. The van der Waals surface area contributed by atoms with Gasteiger partial charge in [-0.05, 0) is 13.0 Å². The van der Waals surface area contributed by atoms with Gasteiger partial charge < -0.3 is 10.1 Å². The molecule has 0 saturated heterocycles. The normalized spacial score (nSPS) is 14.6. The summed E-state index contributed by atoms with van der Waals surface area (Å²) in [7, 11) is -4.23. The number of hydrogen-bond donors (Lipinski definition) is 2. The molecule has 0 aliphatic carbocycles. The van der Waals surface area contributed by atoms with Gasteiger partial charge in [0, 0.05) is 0 Å². The molecule has 2 N–H and O–H groups in total. The lowest BCUT2D eigenvalue weighted by Crippen LogP contribution is -2.53. The standard InChI is InChI=1S/C9H15NO5S/c1-4-8(11)10-9(3,6-15-5-2)7-16(12,13)14/h4-5H,1-2,6-7H2,3H3,(H,10,11)(H,12,13,14). The minimum Gasteiger partial charge on any atom is -0.499 e.